The first-order chi connectivity index (χ1) is 24.2. The second-order valence-corrected chi connectivity index (χ2v) is 13.2. The minimum Gasteiger partial charge on any atom is -0.483 e. The Balaban J connectivity index is 1.12. The maximum absolute atomic E-state index is 13.4. The summed E-state index contributed by atoms with van der Waals surface area (Å²) in [5, 5.41) is 17.6. The van der Waals surface area contributed by atoms with Gasteiger partial charge in [0.05, 0.1) is 31.3 Å². The summed E-state index contributed by atoms with van der Waals surface area (Å²) in [6.07, 6.45) is -0.740. The van der Waals surface area contributed by atoms with E-state index in [2.05, 4.69) is 10.6 Å². The maximum atomic E-state index is 13.4. The molecule has 3 N–H and O–H groups in total. The van der Waals surface area contributed by atoms with Gasteiger partial charge in [-0.25, -0.2) is 4.79 Å². The van der Waals surface area contributed by atoms with E-state index >= 15 is 0 Å². The first-order valence-corrected chi connectivity index (χ1v) is 17.1. The van der Waals surface area contributed by atoms with Gasteiger partial charge in [0.1, 0.15) is 25.2 Å². The molecule has 0 radical (unpaired) electrons. The molecular weight excluding hydrogens is 642 g/mol. The van der Waals surface area contributed by atoms with Crippen molar-refractivity contribution < 1.29 is 43.2 Å². The summed E-state index contributed by atoms with van der Waals surface area (Å²) in [5.74, 6) is 0.0817. The Bertz CT molecular complexity index is 1600. The first-order valence-electron chi connectivity index (χ1n) is 17.1. The van der Waals surface area contributed by atoms with E-state index in [4.69, 9.17) is 23.7 Å². The van der Waals surface area contributed by atoms with Gasteiger partial charge in [0.15, 0.2) is 12.9 Å². The minimum atomic E-state index is -1.03. The lowest BCUT2D eigenvalue weighted by molar-refractivity contribution is -0.124. The number of aliphatic hydroxyl groups excluding tert-OH is 1. The van der Waals surface area contributed by atoms with Crippen molar-refractivity contribution in [2.45, 2.75) is 70.1 Å². The zero-order valence-corrected chi connectivity index (χ0v) is 28.4. The van der Waals surface area contributed by atoms with Crippen LogP contribution in [0, 0.1) is 19.8 Å². The van der Waals surface area contributed by atoms with Crippen LogP contribution in [0.5, 0.6) is 5.75 Å². The molecule has 3 saturated heterocycles. The third-order valence-corrected chi connectivity index (χ3v) is 9.38. The van der Waals surface area contributed by atoms with Crippen molar-refractivity contribution in [2.24, 2.45) is 5.92 Å². The number of fused-ring (bicyclic) bond motifs is 1. The van der Waals surface area contributed by atoms with Gasteiger partial charge in [-0.3, -0.25) is 14.5 Å². The number of benzene rings is 3. The highest BCUT2D eigenvalue weighted by atomic mass is 16.7. The standard InChI is InChI=1S/C38H45N3O9/c1-24-15-29(41-23-46-22-35(41)44)16-25(2)36(24)48-21-34(43)39-28(17-26-9-5-3-6-10-26)19-32(42)31(18-27-11-7-4-8-12-27)40-38(45)50-33-20-49-37-30(33)13-14-47-37/h3-12,15-16,28,30-33,37,42H,13-14,17-23H2,1-2H3,(H,39,43)(H,40,45)/t28-,30-,31-,32-,33-,37+/m0/s1. The Kier molecular flexibility index (Phi) is 11.6. The summed E-state index contributed by atoms with van der Waals surface area (Å²) in [5.41, 5.74) is 4.19. The molecule has 3 aliphatic rings. The average molecular weight is 688 g/mol. The van der Waals surface area contributed by atoms with Gasteiger partial charge in [-0.15, -0.1) is 0 Å². The van der Waals surface area contributed by atoms with E-state index in [0.717, 1.165) is 28.7 Å². The van der Waals surface area contributed by atoms with Crippen LogP contribution in [0.1, 0.15) is 35.1 Å². The third kappa shape index (κ3) is 8.99. The molecule has 6 atom stereocenters. The molecular formula is C38H45N3O9. The molecule has 12 nitrogen and oxygen atoms in total. The summed E-state index contributed by atoms with van der Waals surface area (Å²) in [6, 6.07) is 21.8. The Morgan fingerprint density at radius 1 is 0.960 bits per heavy atom. The highest BCUT2D eigenvalue weighted by Crippen LogP contribution is 2.33. The largest absolute Gasteiger partial charge is 0.483 e. The quantitative estimate of drug-likeness (QED) is 0.232. The molecule has 3 aromatic rings. The predicted molar refractivity (Wildman–Crippen MR) is 184 cm³/mol. The van der Waals surface area contributed by atoms with Crippen molar-refractivity contribution in [2.75, 3.05) is 38.1 Å². The lowest BCUT2D eigenvalue weighted by Crippen LogP contribution is -2.50. The number of hydrogen-bond donors (Lipinski definition) is 3. The van der Waals surface area contributed by atoms with Crippen molar-refractivity contribution in [3.8, 4) is 5.75 Å². The number of carbonyl (C=O) groups excluding carboxylic acids is 3. The predicted octanol–water partition coefficient (Wildman–Crippen LogP) is 3.58. The number of nitrogens with zero attached hydrogens (tertiary/aromatic N) is 1. The van der Waals surface area contributed by atoms with E-state index in [9.17, 15) is 19.5 Å². The number of hydrogen-bond acceptors (Lipinski definition) is 9. The highest BCUT2D eigenvalue weighted by Gasteiger charge is 2.44. The van der Waals surface area contributed by atoms with Gasteiger partial charge in [-0.05, 0) is 73.9 Å². The molecule has 12 heteroatoms. The zero-order valence-electron chi connectivity index (χ0n) is 28.4. The zero-order chi connectivity index (χ0) is 35.0. The van der Waals surface area contributed by atoms with E-state index in [1.165, 1.54) is 0 Å². The Morgan fingerprint density at radius 3 is 2.30 bits per heavy atom. The lowest BCUT2D eigenvalue weighted by atomic mass is 9.93. The van der Waals surface area contributed by atoms with Crippen molar-refractivity contribution in [1.82, 2.24) is 10.6 Å². The van der Waals surface area contributed by atoms with Gasteiger partial charge < -0.3 is 39.4 Å². The molecule has 0 aliphatic carbocycles. The second kappa shape index (κ2) is 16.5. The summed E-state index contributed by atoms with van der Waals surface area (Å²) < 4.78 is 28.2. The number of rotatable bonds is 14. The third-order valence-electron chi connectivity index (χ3n) is 9.38. The molecule has 3 aromatic carbocycles. The van der Waals surface area contributed by atoms with Gasteiger partial charge in [0, 0.05) is 11.7 Å². The van der Waals surface area contributed by atoms with Crippen LogP contribution >= 0.6 is 0 Å². The maximum Gasteiger partial charge on any atom is 0.407 e. The fourth-order valence-corrected chi connectivity index (χ4v) is 6.88. The van der Waals surface area contributed by atoms with Crippen molar-refractivity contribution >= 4 is 23.6 Å². The molecule has 50 heavy (non-hydrogen) atoms. The molecule has 0 aromatic heterocycles. The van der Waals surface area contributed by atoms with Crippen LogP contribution in [0.2, 0.25) is 0 Å². The van der Waals surface area contributed by atoms with Crippen LogP contribution in [0.4, 0.5) is 10.5 Å². The van der Waals surface area contributed by atoms with E-state index < -0.39 is 30.4 Å². The van der Waals surface area contributed by atoms with E-state index in [-0.39, 0.29) is 57.0 Å². The number of anilines is 1. The monoisotopic (exact) mass is 687 g/mol. The van der Waals surface area contributed by atoms with Crippen molar-refractivity contribution in [3.05, 3.63) is 95.1 Å². The molecule has 3 fully saturated rings. The number of ether oxygens (including phenoxy) is 5. The Morgan fingerprint density at radius 2 is 1.64 bits per heavy atom. The number of nitrogens with one attached hydrogen (secondary N) is 2. The fourth-order valence-electron chi connectivity index (χ4n) is 6.88. The number of carbonyl (C=O) groups is 3. The van der Waals surface area contributed by atoms with Gasteiger partial charge in [0.25, 0.3) is 11.8 Å². The van der Waals surface area contributed by atoms with Crippen LogP contribution in [0.15, 0.2) is 72.8 Å². The van der Waals surface area contributed by atoms with Crippen LogP contribution in [-0.4, -0.2) is 86.8 Å². The normalized spacial score (nSPS) is 21.7. The molecule has 3 heterocycles. The van der Waals surface area contributed by atoms with Crippen molar-refractivity contribution in [3.63, 3.8) is 0 Å². The van der Waals surface area contributed by atoms with Gasteiger partial charge in [0.2, 0.25) is 0 Å². The van der Waals surface area contributed by atoms with Crippen LogP contribution in [0.25, 0.3) is 0 Å². The van der Waals surface area contributed by atoms with E-state index in [0.29, 0.717) is 30.9 Å². The summed E-state index contributed by atoms with van der Waals surface area (Å²) >= 11 is 0. The van der Waals surface area contributed by atoms with Crippen LogP contribution < -0.4 is 20.3 Å². The Hall–Kier alpha value is -4.49. The molecule has 0 unspecified atom stereocenters. The first kappa shape index (κ1) is 35.3. The second-order valence-electron chi connectivity index (χ2n) is 13.2. The molecule has 6 rings (SSSR count). The van der Waals surface area contributed by atoms with Crippen LogP contribution in [0.3, 0.4) is 0 Å². The number of amides is 3. The number of aliphatic hydroxyl groups is 1. The van der Waals surface area contributed by atoms with E-state index in [1.807, 2.05) is 86.6 Å². The topological polar surface area (TPSA) is 145 Å². The molecule has 0 bridgehead atoms. The lowest BCUT2D eigenvalue weighted by Gasteiger charge is -2.29. The molecule has 3 amide bonds. The molecule has 3 aliphatic heterocycles. The average Bonchev–Trinajstić information content (AvgIpc) is 3.84. The molecule has 266 valence electrons. The summed E-state index contributed by atoms with van der Waals surface area (Å²) in [6.45, 7) is 4.56. The van der Waals surface area contributed by atoms with Crippen molar-refractivity contribution in [1.29, 1.82) is 0 Å². The SMILES string of the molecule is Cc1cc(N2COCC2=O)cc(C)c1OCC(=O)N[C@@H](Cc1ccccc1)C[C@H](O)[C@H](Cc1ccccc1)NC(=O)O[C@H]1CO[C@H]2OCC[C@H]21. The van der Waals surface area contributed by atoms with Gasteiger partial charge >= 0.3 is 6.09 Å². The smallest absolute Gasteiger partial charge is 0.407 e. The van der Waals surface area contributed by atoms with Gasteiger partial charge in [-0.1, -0.05) is 60.7 Å². The number of alkyl carbamates (subject to hydrolysis) is 1. The molecule has 0 spiro atoms. The summed E-state index contributed by atoms with van der Waals surface area (Å²) in [4.78, 5) is 40.3. The highest BCUT2D eigenvalue weighted by molar-refractivity contribution is 5.95. The van der Waals surface area contributed by atoms with Gasteiger partial charge in [-0.2, -0.15) is 0 Å². The van der Waals surface area contributed by atoms with Crippen LogP contribution in [-0.2, 0) is 41.4 Å². The summed E-state index contributed by atoms with van der Waals surface area (Å²) in [7, 11) is 0. The van der Waals surface area contributed by atoms with E-state index in [1.54, 1.807) is 4.90 Å². The minimum absolute atomic E-state index is 0.0136. The fraction of sp³-hybridized carbons (Fsp3) is 0.447. The number of aryl methyl sites for hydroxylation is 2. The molecule has 0 saturated carbocycles. The Labute approximate surface area is 292 Å².